The van der Waals surface area contributed by atoms with Crippen LogP contribution < -0.4 is 5.32 Å². The molecule has 5 aromatic rings. The number of aromatic nitrogens is 7. The summed E-state index contributed by atoms with van der Waals surface area (Å²) in [4.78, 5) is 21.8. The summed E-state index contributed by atoms with van der Waals surface area (Å²) in [6.07, 6.45) is 8.42. The summed E-state index contributed by atoms with van der Waals surface area (Å²) in [7, 11) is 0. The number of H-pyrrole nitrogens is 1. The molecule has 152 valence electrons. The van der Waals surface area contributed by atoms with Crippen LogP contribution in [0.1, 0.15) is 31.3 Å². The molecule has 0 atom stereocenters. The van der Waals surface area contributed by atoms with Crippen molar-refractivity contribution in [3.05, 3.63) is 60.6 Å². The van der Waals surface area contributed by atoms with Gasteiger partial charge in [-0.3, -0.25) is 4.57 Å². The molecule has 0 radical (unpaired) electrons. The van der Waals surface area contributed by atoms with Crippen LogP contribution in [0.4, 0.5) is 5.82 Å². The second-order valence-corrected chi connectivity index (χ2v) is 7.67. The van der Waals surface area contributed by atoms with E-state index in [1.165, 1.54) is 10.9 Å². The number of rotatable bonds is 6. The highest BCUT2D eigenvalue weighted by molar-refractivity contribution is 5.84. The van der Waals surface area contributed by atoms with Gasteiger partial charge < -0.3 is 14.9 Å². The van der Waals surface area contributed by atoms with Crippen molar-refractivity contribution in [2.45, 2.75) is 33.2 Å². The number of aromatic amines is 1. The van der Waals surface area contributed by atoms with Crippen molar-refractivity contribution in [1.82, 2.24) is 34.1 Å². The number of benzene rings is 1. The van der Waals surface area contributed by atoms with Gasteiger partial charge in [-0.15, -0.1) is 0 Å². The van der Waals surface area contributed by atoms with E-state index in [2.05, 4.69) is 63.1 Å². The fraction of sp³-hybridized carbons (Fsp3) is 0.273. The van der Waals surface area contributed by atoms with Crippen LogP contribution in [-0.4, -0.2) is 40.6 Å². The third kappa shape index (κ3) is 3.10. The fourth-order valence-corrected chi connectivity index (χ4v) is 3.76. The average Bonchev–Trinajstić information content (AvgIpc) is 3.46. The molecule has 0 aliphatic heterocycles. The fourth-order valence-electron chi connectivity index (χ4n) is 3.76. The Labute approximate surface area is 174 Å². The lowest BCUT2D eigenvalue weighted by Crippen LogP contribution is -2.11. The Balaban J connectivity index is 1.49. The summed E-state index contributed by atoms with van der Waals surface area (Å²) in [5.74, 6) is 2.17. The molecular weight excluding hydrogens is 376 g/mol. The van der Waals surface area contributed by atoms with E-state index in [4.69, 9.17) is 9.97 Å². The zero-order valence-corrected chi connectivity index (χ0v) is 17.3. The number of imidazole rings is 2. The van der Waals surface area contributed by atoms with Gasteiger partial charge in [-0.25, -0.2) is 9.97 Å². The predicted molar refractivity (Wildman–Crippen MR) is 118 cm³/mol. The molecule has 8 heteroatoms. The van der Waals surface area contributed by atoms with Gasteiger partial charge in [0.05, 0.1) is 6.33 Å². The largest absolute Gasteiger partial charge is 0.368 e. The number of nitrogens with zero attached hydrogens (tertiary/aromatic N) is 6. The van der Waals surface area contributed by atoms with E-state index in [0.717, 1.165) is 41.3 Å². The topological polar surface area (TPSA) is 89.2 Å². The second-order valence-electron chi connectivity index (χ2n) is 7.67. The van der Waals surface area contributed by atoms with E-state index in [1.807, 2.05) is 30.1 Å². The van der Waals surface area contributed by atoms with Gasteiger partial charge in [-0.2, -0.15) is 9.97 Å². The molecule has 0 aliphatic rings. The highest BCUT2D eigenvalue weighted by Crippen LogP contribution is 2.24. The second kappa shape index (κ2) is 7.29. The third-order valence-corrected chi connectivity index (χ3v) is 5.37. The van der Waals surface area contributed by atoms with E-state index >= 15 is 0 Å². The molecule has 30 heavy (non-hydrogen) atoms. The minimum Gasteiger partial charge on any atom is -0.368 e. The molecular formula is C22H24N8. The molecule has 1 aromatic carbocycles. The number of anilines is 1. The molecule has 4 aromatic heterocycles. The maximum Gasteiger partial charge on any atom is 0.239 e. The van der Waals surface area contributed by atoms with Crippen molar-refractivity contribution in [3.63, 3.8) is 0 Å². The summed E-state index contributed by atoms with van der Waals surface area (Å²) in [6, 6.07) is 8.61. The number of aryl methyl sites for hydroxylation is 1. The monoisotopic (exact) mass is 400 g/mol. The van der Waals surface area contributed by atoms with Crippen molar-refractivity contribution in [3.8, 4) is 5.95 Å². The Bertz CT molecular complexity index is 1320. The van der Waals surface area contributed by atoms with E-state index < -0.39 is 0 Å². The predicted octanol–water partition coefficient (Wildman–Crippen LogP) is 4.04. The number of hydrogen-bond acceptors (Lipinski definition) is 5. The standard InChI is InChI=1S/C22H24N8/c1-14(2)30-13-26-19-20(27-22(28-21(19)30)29-11-10-23-15(29)3)24-9-8-16-12-25-18-7-5-4-6-17(16)18/h4-7,10-14,25H,8-9H2,1-3H3,(H,24,27,28). The summed E-state index contributed by atoms with van der Waals surface area (Å²) in [6.45, 7) is 6.92. The van der Waals surface area contributed by atoms with Crippen LogP contribution >= 0.6 is 0 Å². The average molecular weight is 400 g/mol. The number of fused-ring (bicyclic) bond motifs is 2. The molecule has 8 nitrogen and oxygen atoms in total. The van der Waals surface area contributed by atoms with Crippen molar-refractivity contribution >= 4 is 27.9 Å². The lowest BCUT2D eigenvalue weighted by molar-refractivity contribution is 0.612. The molecule has 2 N–H and O–H groups in total. The summed E-state index contributed by atoms with van der Waals surface area (Å²) in [5.41, 5.74) is 4.04. The van der Waals surface area contributed by atoms with Crippen molar-refractivity contribution < 1.29 is 0 Å². The zero-order chi connectivity index (χ0) is 20.7. The van der Waals surface area contributed by atoms with Gasteiger partial charge in [0.2, 0.25) is 5.95 Å². The maximum absolute atomic E-state index is 4.79. The van der Waals surface area contributed by atoms with Crippen molar-refractivity contribution in [2.24, 2.45) is 0 Å². The Morgan fingerprint density at radius 2 is 2.00 bits per heavy atom. The highest BCUT2D eigenvalue weighted by Gasteiger charge is 2.16. The van der Waals surface area contributed by atoms with Crippen LogP contribution in [0.5, 0.6) is 0 Å². The van der Waals surface area contributed by atoms with Gasteiger partial charge in [-0.05, 0) is 38.8 Å². The van der Waals surface area contributed by atoms with Crippen LogP contribution in [0.2, 0.25) is 0 Å². The normalized spacial score (nSPS) is 11.7. The first-order chi connectivity index (χ1) is 14.6. The number of para-hydroxylation sites is 1. The van der Waals surface area contributed by atoms with Crippen LogP contribution in [0.15, 0.2) is 49.2 Å². The molecule has 0 amide bonds. The molecule has 4 heterocycles. The molecule has 0 spiro atoms. The van der Waals surface area contributed by atoms with Crippen LogP contribution in [0.3, 0.4) is 0 Å². The van der Waals surface area contributed by atoms with Gasteiger partial charge in [-0.1, -0.05) is 18.2 Å². The van der Waals surface area contributed by atoms with Crippen LogP contribution in [-0.2, 0) is 6.42 Å². The Morgan fingerprint density at radius 3 is 2.80 bits per heavy atom. The van der Waals surface area contributed by atoms with Gasteiger partial charge >= 0.3 is 0 Å². The molecule has 0 unspecified atom stereocenters. The highest BCUT2D eigenvalue weighted by atomic mass is 15.2. The molecule has 0 saturated heterocycles. The van der Waals surface area contributed by atoms with E-state index in [0.29, 0.717) is 5.95 Å². The molecule has 0 aliphatic carbocycles. The van der Waals surface area contributed by atoms with Gasteiger partial charge in [0.1, 0.15) is 5.82 Å². The van der Waals surface area contributed by atoms with Gasteiger partial charge in [0.15, 0.2) is 17.0 Å². The summed E-state index contributed by atoms with van der Waals surface area (Å²) < 4.78 is 3.96. The van der Waals surface area contributed by atoms with E-state index in [9.17, 15) is 0 Å². The minimum absolute atomic E-state index is 0.251. The first kappa shape index (κ1) is 18.4. The van der Waals surface area contributed by atoms with Crippen LogP contribution in [0, 0.1) is 6.92 Å². The van der Waals surface area contributed by atoms with Crippen molar-refractivity contribution in [1.29, 1.82) is 0 Å². The zero-order valence-electron chi connectivity index (χ0n) is 17.3. The first-order valence-corrected chi connectivity index (χ1v) is 10.2. The number of hydrogen-bond donors (Lipinski definition) is 2. The summed E-state index contributed by atoms with van der Waals surface area (Å²) >= 11 is 0. The lowest BCUT2D eigenvalue weighted by Gasteiger charge is -2.12. The number of nitrogens with one attached hydrogen (secondary N) is 2. The van der Waals surface area contributed by atoms with Gasteiger partial charge in [0.25, 0.3) is 0 Å². The third-order valence-electron chi connectivity index (χ3n) is 5.37. The lowest BCUT2D eigenvalue weighted by atomic mass is 10.1. The maximum atomic E-state index is 4.79. The van der Waals surface area contributed by atoms with E-state index in [1.54, 1.807) is 6.20 Å². The molecule has 0 saturated carbocycles. The Kier molecular flexibility index (Phi) is 4.46. The quantitative estimate of drug-likeness (QED) is 0.449. The smallest absolute Gasteiger partial charge is 0.239 e. The first-order valence-electron chi connectivity index (χ1n) is 10.2. The van der Waals surface area contributed by atoms with E-state index in [-0.39, 0.29) is 6.04 Å². The molecule has 0 bridgehead atoms. The summed E-state index contributed by atoms with van der Waals surface area (Å²) in [5, 5.41) is 4.75. The minimum atomic E-state index is 0.251. The SMILES string of the molecule is Cc1nccn1-c1nc(NCCc2c[nH]c3ccccc23)c2ncn(C(C)C)c2n1. The Morgan fingerprint density at radius 1 is 1.13 bits per heavy atom. The Hall–Kier alpha value is -3.68. The van der Waals surface area contributed by atoms with Crippen LogP contribution in [0.25, 0.3) is 28.0 Å². The van der Waals surface area contributed by atoms with Gasteiger partial charge in [0, 0.05) is 42.1 Å². The van der Waals surface area contributed by atoms with Crippen molar-refractivity contribution in [2.75, 3.05) is 11.9 Å². The molecule has 5 rings (SSSR count). The molecule has 0 fully saturated rings.